The Bertz CT molecular complexity index is 92.0. The van der Waals surface area contributed by atoms with Gasteiger partial charge in [0.2, 0.25) is 0 Å². The Hall–Kier alpha value is -0.520. The molecule has 0 unspecified atom stereocenters. The van der Waals surface area contributed by atoms with Crippen LogP contribution in [-0.4, -0.2) is 0 Å². The highest BCUT2D eigenvalue weighted by Crippen LogP contribution is 2.04. The van der Waals surface area contributed by atoms with Crippen molar-refractivity contribution in [2.75, 3.05) is 0 Å². The van der Waals surface area contributed by atoms with E-state index in [0.717, 1.165) is 6.42 Å². The molecule has 1 aliphatic carbocycles. The van der Waals surface area contributed by atoms with Crippen LogP contribution in [0.15, 0.2) is 18.2 Å². The van der Waals surface area contributed by atoms with Gasteiger partial charge in [-0.15, -0.1) is 0 Å². The van der Waals surface area contributed by atoms with Crippen molar-refractivity contribution in [1.82, 2.24) is 0 Å². The molecule has 0 bridgehead atoms. The van der Waals surface area contributed by atoms with Crippen molar-refractivity contribution in [1.29, 1.82) is 0 Å². The van der Waals surface area contributed by atoms with Gasteiger partial charge in [0.1, 0.15) is 0 Å². The summed E-state index contributed by atoms with van der Waals surface area (Å²) in [6.07, 6.45) is 17.5. The van der Waals surface area contributed by atoms with Crippen LogP contribution in [0, 0.1) is 6.08 Å². The van der Waals surface area contributed by atoms with Crippen LogP contribution in [0.5, 0.6) is 0 Å². The van der Waals surface area contributed by atoms with Gasteiger partial charge in [-0.3, -0.25) is 0 Å². The summed E-state index contributed by atoms with van der Waals surface area (Å²) in [7, 11) is 0. The Kier molecular flexibility index (Phi) is 4.00. The molecule has 0 aliphatic heterocycles. The van der Waals surface area contributed by atoms with Crippen molar-refractivity contribution in [2.24, 2.45) is 0 Å². The summed E-state index contributed by atoms with van der Waals surface area (Å²) in [5.74, 6) is 0. The van der Waals surface area contributed by atoms with Crippen LogP contribution >= 0.6 is 0 Å². The first kappa shape index (κ1) is 7.59. The van der Waals surface area contributed by atoms with Gasteiger partial charge < -0.3 is 0 Å². The van der Waals surface area contributed by atoms with Crippen LogP contribution in [0.25, 0.3) is 0 Å². The van der Waals surface area contributed by atoms with Crippen molar-refractivity contribution >= 4 is 0 Å². The second-order valence-corrected chi connectivity index (χ2v) is 2.70. The molecule has 0 saturated carbocycles. The zero-order valence-electron chi connectivity index (χ0n) is 6.47. The lowest BCUT2D eigenvalue weighted by Crippen LogP contribution is -1.75. The molecule has 0 heteroatoms. The predicted octanol–water partition coefficient (Wildman–Crippen LogP) is 3.26. The molecule has 0 aromatic rings. The lowest BCUT2D eigenvalue weighted by Gasteiger charge is -1.95. The molecule has 0 nitrogen and oxygen atoms in total. The molecule has 0 atom stereocenters. The summed E-state index contributed by atoms with van der Waals surface area (Å²) in [6.45, 7) is 0. The lowest BCUT2D eigenvalue weighted by molar-refractivity contribution is 0.806. The average Bonchev–Trinajstić information content (AvgIpc) is 2.01. The first-order chi connectivity index (χ1) is 5.00. The maximum atomic E-state index is 3.30. The Morgan fingerprint density at radius 2 is 1.70 bits per heavy atom. The molecule has 0 saturated heterocycles. The Labute approximate surface area is 63.6 Å². The SMILES string of the molecule is [C]1=C\CCC/C=C\CCC/1. The fourth-order valence-corrected chi connectivity index (χ4v) is 1.10. The van der Waals surface area contributed by atoms with Crippen molar-refractivity contribution < 1.29 is 0 Å². The minimum atomic E-state index is 1.14. The van der Waals surface area contributed by atoms with Crippen molar-refractivity contribution in [3.05, 3.63) is 24.3 Å². The number of hydrogen-bond acceptors (Lipinski definition) is 0. The molecule has 0 aromatic heterocycles. The molecule has 0 heterocycles. The average molecular weight is 135 g/mol. The van der Waals surface area contributed by atoms with Gasteiger partial charge in [-0.25, -0.2) is 0 Å². The first-order valence-corrected chi connectivity index (χ1v) is 4.20. The van der Waals surface area contributed by atoms with Crippen LogP contribution < -0.4 is 0 Å². The first-order valence-electron chi connectivity index (χ1n) is 4.20. The molecule has 1 rings (SSSR count). The van der Waals surface area contributed by atoms with Crippen LogP contribution in [0.1, 0.15) is 38.5 Å². The maximum absolute atomic E-state index is 3.30. The second-order valence-electron chi connectivity index (χ2n) is 2.70. The topological polar surface area (TPSA) is 0 Å². The molecule has 0 aromatic carbocycles. The van der Waals surface area contributed by atoms with Crippen molar-refractivity contribution in [3.63, 3.8) is 0 Å². The predicted molar refractivity (Wildman–Crippen MR) is 44.7 cm³/mol. The van der Waals surface area contributed by atoms with Crippen LogP contribution in [0.3, 0.4) is 0 Å². The third kappa shape index (κ3) is 3.49. The summed E-state index contributed by atoms with van der Waals surface area (Å²) in [5, 5.41) is 0. The highest BCUT2D eigenvalue weighted by Gasteiger charge is 1.85. The molecule has 1 aliphatic rings. The Morgan fingerprint density at radius 1 is 0.900 bits per heavy atom. The lowest BCUT2D eigenvalue weighted by atomic mass is 10.1. The molecule has 0 fully saturated rings. The van der Waals surface area contributed by atoms with Gasteiger partial charge in [0.25, 0.3) is 0 Å². The quantitative estimate of drug-likeness (QED) is 0.447. The minimum Gasteiger partial charge on any atom is -0.0885 e. The molecule has 1 radical (unpaired) electrons. The van der Waals surface area contributed by atoms with Gasteiger partial charge in [0, 0.05) is 0 Å². The molecule has 0 spiro atoms. The van der Waals surface area contributed by atoms with Gasteiger partial charge in [-0.1, -0.05) is 18.2 Å². The Balaban J connectivity index is 2.22. The standard InChI is InChI=1S/C10H15/c1-2-4-6-8-10-9-7-5-3-1/h1-2,9H,3-8H2/b2-1-,10-9?. The van der Waals surface area contributed by atoms with E-state index in [9.17, 15) is 0 Å². The normalized spacial score (nSPS) is 27.2. The van der Waals surface area contributed by atoms with Crippen molar-refractivity contribution in [3.8, 4) is 0 Å². The second kappa shape index (κ2) is 5.28. The van der Waals surface area contributed by atoms with Crippen molar-refractivity contribution in [2.45, 2.75) is 38.5 Å². The van der Waals surface area contributed by atoms with E-state index in [0.29, 0.717) is 0 Å². The van der Waals surface area contributed by atoms with Gasteiger partial charge >= 0.3 is 0 Å². The molecule has 0 amide bonds. The summed E-state index contributed by atoms with van der Waals surface area (Å²) in [6, 6.07) is 0. The van der Waals surface area contributed by atoms with Crippen LogP contribution in [0.4, 0.5) is 0 Å². The van der Waals surface area contributed by atoms with E-state index in [1.54, 1.807) is 0 Å². The number of rotatable bonds is 0. The summed E-state index contributed by atoms with van der Waals surface area (Å²) >= 11 is 0. The van der Waals surface area contributed by atoms with Gasteiger partial charge in [-0.05, 0) is 44.6 Å². The van der Waals surface area contributed by atoms with E-state index in [-0.39, 0.29) is 0 Å². The smallest absolute Gasteiger partial charge is 0.0276 e. The molecule has 10 heavy (non-hydrogen) atoms. The fourth-order valence-electron chi connectivity index (χ4n) is 1.10. The van der Waals surface area contributed by atoms with E-state index in [4.69, 9.17) is 0 Å². The van der Waals surface area contributed by atoms with Gasteiger partial charge in [0.15, 0.2) is 0 Å². The summed E-state index contributed by atoms with van der Waals surface area (Å²) in [5.41, 5.74) is 0. The minimum absolute atomic E-state index is 1.14. The van der Waals surface area contributed by atoms with E-state index < -0.39 is 0 Å². The van der Waals surface area contributed by atoms with Crippen LogP contribution in [0.2, 0.25) is 0 Å². The van der Waals surface area contributed by atoms with Gasteiger partial charge in [-0.2, -0.15) is 0 Å². The number of hydrogen-bond donors (Lipinski definition) is 0. The highest BCUT2D eigenvalue weighted by atomic mass is 13.9. The van der Waals surface area contributed by atoms with E-state index in [1.807, 2.05) is 0 Å². The fraction of sp³-hybridized carbons (Fsp3) is 0.600. The molecule has 55 valence electrons. The van der Waals surface area contributed by atoms with Crippen LogP contribution in [-0.2, 0) is 0 Å². The number of allylic oxidation sites excluding steroid dienone is 4. The third-order valence-electron chi connectivity index (χ3n) is 1.72. The summed E-state index contributed by atoms with van der Waals surface area (Å²) < 4.78 is 0. The third-order valence-corrected chi connectivity index (χ3v) is 1.72. The largest absolute Gasteiger partial charge is 0.0885 e. The van der Waals surface area contributed by atoms with E-state index in [2.05, 4.69) is 24.3 Å². The highest BCUT2D eigenvalue weighted by molar-refractivity contribution is 4.85. The molecular weight excluding hydrogens is 120 g/mol. The molecular formula is C10H15. The summed E-state index contributed by atoms with van der Waals surface area (Å²) in [4.78, 5) is 0. The van der Waals surface area contributed by atoms with Gasteiger partial charge in [0.05, 0.1) is 0 Å². The Morgan fingerprint density at radius 3 is 2.60 bits per heavy atom. The van der Waals surface area contributed by atoms with E-state index in [1.165, 1.54) is 32.1 Å². The molecule has 0 N–H and O–H groups in total. The monoisotopic (exact) mass is 135 g/mol. The zero-order chi connectivity index (χ0) is 7.07. The van der Waals surface area contributed by atoms with E-state index >= 15 is 0 Å². The zero-order valence-corrected chi connectivity index (χ0v) is 6.47. The maximum Gasteiger partial charge on any atom is -0.0276 e.